The van der Waals surface area contributed by atoms with Crippen molar-refractivity contribution < 1.29 is 9.21 Å². The topological polar surface area (TPSA) is 90.0 Å². The molecule has 0 atom stereocenters. The Kier molecular flexibility index (Phi) is 4.95. The average Bonchev–Trinajstić information content (AvgIpc) is 3.30. The Balaban J connectivity index is 1.40. The van der Waals surface area contributed by atoms with Crippen LogP contribution >= 0.6 is 0 Å². The summed E-state index contributed by atoms with van der Waals surface area (Å²) in [5, 5.41) is 4.21. The number of nitrogens with one attached hydrogen (secondary N) is 1. The summed E-state index contributed by atoms with van der Waals surface area (Å²) in [5.41, 5.74) is 2.92. The standard InChI is InChI=1S/C27H22N4O3/c32-26(19-16-23(24-9-6-14-34-24)29-21-8-4-3-7-18(19)21)28-17-11-12-22-20(15-17)27(33)31-13-5-1-2-10-25(31)30-22/h3-4,6-9,11-12,14-16H,1-2,5,10,13H2,(H,28,32). The van der Waals surface area contributed by atoms with Crippen molar-refractivity contribution in [2.45, 2.75) is 32.2 Å². The third-order valence-corrected chi connectivity index (χ3v) is 6.31. The summed E-state index contributed by atoms with van der Waals surface area (Å²) in [5.74, 6) is 1.15. The lowest BCUT2D eigenvalue weighted by atomic mass is 10.1. The average molecular weight is 450 g/mol. The highest BCUT2D eigenvalue weighted by molar-refractivity contribution is 6.13. The van der Waals surface area contributed by atoms with Crippen LogP contribution in [-0.2, 0) is 13.0 Å². The van der Waals surface area contributed by atoms with Gasteiger partial charge >= 0.3 is 0 Å². The lowest BCUT2D eigenvalue weighted by Crippen LogP contribution is -2.24. The number of rotatable bonds is 3. The van der Waals surface area contributed by atoms with Gasteiger partial charge in [-0.1, -0.05) is 24.6 Å². The maximum atomic E-state index is 13.4. The number of anilines is 1. The van der Waals surface area contributed by atoms with Crippen LogP contribution in [-0.4, -0.2) is 20.4 Å². The van der Waals surface area contributed by atoms with Crippen molar-refractivity contribution in [2.24, 2.45) is 0 Å². The van der Waals surface area contributed by atoms with Gasteiger partial charge in [0.05, 0.1) is 28.2 Å². The minimum atomic E-state index is -0.284. The smallest absolute Gasteiger partial charge is 0.261 e. The van der Waals surface area contributed by atoms with Gasteiger partial charge in [-0.2, -0.15) is 0 Å². The zero-order valence-corrected chi connectivity index (χ0v) is 18.5. The second-order valence-electron chi connectivity index (χ2n) is 8.53. The molecule has 1 aliphatic heterocycles. The zero-order valence-electron chi connectivity index (χ0n) is 18.5. The van der Waals surface area contributed by atoms with Crippen molar-refractivity contribution in [1.29, 1.82) is 0 Å². The van der Waals surface area contributed by atoms with Crippen LogP contribution in [0.3, 0.4) is 0 Å². The summed E-state index contributed by atoms with van der Waals surface area (Å²) >= 11 is 0. The lowest BCUT2D eigenvalue weighted by molar-refractivity contribution is 0.102. The summed E-state index contributed by atoms with van der Waals surface area (Å²) < 4.78 is 7.28. The van der Waals surface area contributed by atoms with Gasteiger partial charge in [0.15, 0.2) is 5.76 Å². The predicted octanol–water partition coefficient (Wildman–Crippen LogP) is 5.18. The Morgan fingerprint density at radius 3 is 2.68 bits per heavy atom. The highest BCUT2D eigenvalue weighted by Gasteiger charge is 2.17. The van der Waals surface area contributed by atoms with Gasteiger partial charge in [0.2, 0.25) is 0 Å². The van der Waals surface area contributed by atoms with E-state index in [0.717, 1.165) is 36.9 Å². The van der Waals surface area contributed by atoms with E-state index in [1.54, 1.807) is 41.2 Å². The minimum absolute atomic E-state index is 0.0486. The number of amides is 1. The monoisotopic (exact) mass is 450 g/mol. The number of aryl methyl sites for hydroxylation is 1. The first kappa shape index (κ1) is 20.4. The molecule has 34 heavy (non-hydrogen) atoms. The summed E-state index contributed by atoms with van der Waals surface area (Å²) in [7, 11) is 0. The van der Waals surface area contributed by atoms with E-state index in [9.17, 15) is 9.59 Å². The molecular weight excluding hydrogens is 428 g/mol. The summed E-state index contributed by atoms with van der Waals surface area (Å²) in [6.45, 7) is 0.687. The Bertz CT molecular complexity index is 1600. The molecule has 7 heteroatoms. The molecule has 0 fully saturated rings. The first-order valence-electron chi connectivity index (χ1n) is 11.5. The van der Waals surface area contributed by atoms with Crippen LogP contribution in [0.5, 0.6) is 0 Å². The molecule has 0 unspecified atom stereocenters. The Morgan fingerprint density at radius 2 is 1.79 bits per heavy atom. The molecule has 2 aromatic carbocycles. The number of aromatic nitrogens is 3. The summed E-state index contributed by atoms with van der Waals surface area (Å²) in [6, 6.07) is 18.1. The fraction of sp³-hybridized carbons (Fsp3) is 0.185. The normalized spacial score (nSPS) is 13.5. The second-order valence-corrected chi connectivity index (χ2v) is 8.53. The fourth-order valence-corrected chi connectivity index (χ4v) is 4.61. The number of nitrogens with zero attached hydrogens (tertiary/aromatic N) is 3. The minimum Gasteiger partial charge on any atom is -0.463 e. The van der Waals surface area contributed by atoms with Gasteiger partial charge in [-0.25, -0.2) is 9.97 Å². The molecule has 0 bridgehead atoms. The number of fused-ring (bicyclic) bond motifs is 3. The molecule has 1 amide bonds. The van der Waals surface area contributed by atoms with Crippen LogP contribution in [0, 0.1) is 0 Å². The molecule has 0 saturated heterocycles. The number of hydrogen-bond donors (Lipinski definition) is 1. The number of furan rings is 1. The number of pyridine rings is 1. The SMILES string of the molecule is O=C(Nc1ccc2nc3n(c(=O)c2c1)CCCCC3)c1cc(-c2ccco2)nc2ccccc12. The molecule has 0 aliphatic carbocycles. The van der Waals surface area contributed by atoms with Crippen LogP contribution < -0.4 is 10.9 Å². The quantitative estimate of drug-likeness (QED) is 0.409. The van der Waals surface area contributed by atoms with Crippen molar-refractivity contribution in [3.8, 4) is 11.5 Å². The van der Waals surface area contributed by atoms with E-state index in [0.29, 0.717) is 45.7 Å². The molecule has 0 spiro atoms. The number of benzene rings is 2. The molecule has 1 aliphatic rings. The Hall–Kier alpha value is -4.26. The van der Waals surface area contributed by atoms with Crippen molar-refractivity contribution in [1.82, 2.24) is 14.5 Å². The van der Waals surface area contributed by atoms with Crippen molar-refractivity contribution in [3.63, 3.8) is 0 Å². The van der Waals surface area contributed by atoms with Crippen LogP contribution in [0.2, 0.25) is 0 Å². The van der Waals surface area contributed by atoms with E-state index in [4.69, 9.17) is 9.40 Å². The largest absolute Gasteiger partial charge is 0.463 e. The van der Waals surface area contributed by atoms with Crippen LogP contribution in [0.4, 0.5) is 5.69 Å². The Labute approximate surface area is 195 Å². The maximum Gasteiger partial charge on any atom is 0.261 e. The van der Waals surface area contributed by atoms with Gasteiger partial charge in [-0.05, 0) is 55.3 Å². The van der Waals surface area contributed by atoms with E-state index in [1.165, 1.54) is 0 Å². The second kappa shape index (κ2) is 8.26. The van der Waals surface area contributed by atoms with Gasteiger partial charge in [0, 0.05) is 24.0 Å². The molecule has 4 heterocycles. The third kappa shape index (κ3) is 3.55. The van der Waals surface area contributed by atoms with Crippen LogP contribution in [0.25, 0.3) is 33.3 Å². The first-order valence-corrected chi connectivity index (χ1v) is 11.5. The zero-order chi connectivity index (χ0) is 23.1. The van der Waals surface area contributed by atoms with E-state index in [-0.39, 0.29) is 11.5 Å². The van der Waals surface area contributed by atoms with E-state index >= 15 is 0 Å². The molecule has 3 aromatic heterocycles. The molecule has 7 nitrogen and oxygen atoms in total. The molecule has 5 aromatic rings. The van der Waals surface area contributed by atoms with E-state index in [1.807, 2.05) is 30.3 Å². The van der Waals surface area contributed by atoms with Crippen molar-refractivity contribution in [2.75, 3.05) is 5.32 Å². The van der Waals surface area contributed by atoms with Gasteiger partial charge in [-0.3, -0.25) is 14.2 Å². The van der Waals surface area contributed by atoms with Crippen LogP contribution in [0.1, 0.15) is 35.4 Å². The van der Waals surface area contributed by atoms with Crippen molar-refractivity contribution in [3.05, 3.63) is 88.7 Å². The fourth-order valence-electron chi connectivity index (χ4n) is 4.61. The van der Waals surface area contributed by atoms with Gasteiger partial charge in [0.25, 0.3) is 11.5 Å². The van der Waals surface area contributed by atoms with Crippen LogP contribution in [0.15, 0.2) is 76.1 Å². The molecule has 0 radical (unpaired) electrons. The van der Waals surface area contributed by atoms with Gasteiger partial charge < -0.3 is 9.73 Å². The lowest BCUT2D eigenvalue weighted by Gasteiger charge is -2.12. The first-order chi connectivity index (χ1) is 16.7. The van der Waals surface area contributed by atoms with E-state index < -0.39 is 0 Å². The predicted molar refractivity (Wildman–Crippen MR) is 131 cm³/mol. The number of hydrogen-bond acceptors (Lipinski definition) is 5. The Morgan fingerprint density at radius 1 is 0.912 bits per heavy atom. The molecule has 6 rings (SSSR count). The summed E-state index contributed by atoms with van der Waals surface area (Å²) in [6.07, 6.45) is 5.51. The number of para-hydroxylation sites is 1. The highest BCUT2D eigenvalue weighted by atomic mass is 16.3. The molecular formula is C27H22N4O3. The highest BCUT2D eigenvalue weighted by Crippen LogP contribution is 2.26. The number of carbonyl (C=O) groups excluding carboxylic acids is 1. The van der Waals surface area contributed by atoms with Gasteiger partial charge in [0.1, 0.15) is 11.5 Å². The molecule has 168 valence electrons. The van der Waals surface area contributed by atoms with E-state index in [2.05, 4.69) is 10.3 Å². The summed E-state index contributed by atoms with van der Waals surface area (Å²) in [4.78, 5) is 35.9. The third-order valence-electron chi connectivity index (χ3n) is 6.31. The maximum absolute atomic E-state index is 13.4. The van der Waals surface area contributed by atoms with Crippen molar-refractivity contribution >= 4 is 33.4 Å². The number of carbonyl (C=O) groups is 1. The molecule has 1 N–H and O–H groups in total. The van der Waals surface area contributed by atoms with Gasteiger partial charge in [-0.15, -0.1) is 0 Å². The molecule has 0 saturated carbocycles.